The van der Waals surface area contributed by atoms with Crippen LogP contribution in [-0.4, -0.2) is 42.2 Å². The van der Waals surface area contributed by atoms with Crippen LogP contribution in [0, 0.1) is 0 Å². The van der Waals surface area contributed by atoms with Gasteiger partial charge >= 0.3 is 0 Å². The molecule has 2 N–H and O–H groups in total. The molecular weight excluding hydrogens is 542 g/mol. The van der Waals surface area contributed by atoms with E-state index < -0.39 is 5.60 Å². The van der Waals surface area contributed by atoms with E-state index in [0.29, 0.717) is 36.1 Å². The fraction of sp³-hybridized carbons (Fsp3) is 0.240. The Bertz CT molecular complexity index is 1510. The van der Waals surface area contributed by atoms with Gasteiger partial charge in [0.05, 0.1) is 40.4 Å². The van der Waals surface area contributed by atoms with Crippen LogP contribution in [-0.2, 0) is 18.7 Å². The van der Waals surface area contributed by atoms with Gasteiger partial charge in [-0.25, -0.2) is 14.6 Å². The van der Waals surface area contributed by atoms with Gasteiger partial charge in [0.2, 0.25) is 5.95 Å². The normalized spacial score (nSPS) is 11.7. The summed E-state index contributed by atoms with van der Waals surface area (Å²) < 4.78 is 8.77. The van der Waals surface area contributed by atoms with Crippen molar-refractivity contribution in [3.8, 4) is 17.1 Å². The zero-order valence-electron chi connectivity index (χ0n) is 19.9. The molecule has 0 fully saturated rings. The van der Waals surface area contributed by atoms with E-state index in [2.05, 4.69) is 36.5 Å². The number of thiophene rings is 1. The van der Waals surface area contributed by atoms with Gasteiger partial charge in [-0.2, -0.15) is 0 Å². The number of fused-ring (bicyclic) bond motifs is 1. The number of nitrogens with one attached hydrogen (secondary N) is 1. The van der Waals surface area contributed by atoms with Gasteiger partial charge in [0, 0.05) is 11.9 Å². The molecule has 5 rings (SSSR count). The Morgan fingerprint density at radius 3 is 2.67 bits per heavy atom. The second kappa shape index (κ2) is 9.92. The summed E-state index contributed by atoms with van der Waals surface area (Å²) in [6.07, 6.45) is 1.85. The molecule has 0 saturated heterocycles. The molecule has 1 aromatic carbocycles. The first-order valence-electron chi connectivity index (χ1n) is 11.2. The van der Waals surface area contributed by atoms with Crippen LogP contribution in [0.1, 0.15) is 30.8 Å². The van der Waals surface area contributed by atoms with Crippen LogP contribution >= 0.6 is 27.3 Å². The maximum atomic E-state index is 10.3. The van der Waals surface area contributed by atoms with Crippen LogP contribution in [0.5, 0.6) is 5.75 Å². The number of aliphatic hydroxyl groups is 1. The molecule has 36 heavy (non-hydrogen) atoms. The highest BCUT2D eigenvalue weighted by Gasteiger charge is 2.19. The van der Waals surface area contributed by atoms with E-state index in [1.165, 1.54) is 0 Å². The van der Waals surface area contributed by atoms with E-state index in [0.717, 1.165) is 31.7 Å². The number of pyridine rings is 1. The Morgan fingerprint density at radius 2 is 1.92 bits per heavy atom. The van der Waals surface area contributed by atoms with Crippen LogP contribution in [0.15, 0.2) is 58.5 Å². The molecule has 184 valence electrons. The molecule has 0 aliphatic rings. The van der Waals surface area contributed by atoms with Gasteiger partial charge in [-0.15, -0.1) is 16.4 Å². The van der Waals surface area contributed by atoms with Crippen molar-refractivity contribution < 1.29 is 9.84 Å². The summed E-state index contributed by atoms with van der Waals surface area (Å²) in [5.41, 5.74) is 3.61. The van der Waals surface area contributed by atoms with Crippen LogP contribution < -0.4 is 10.1 Å². The number of nitrogens with zero attached hydrogens (tertiary/aromatic N) is 6. The molecule has 4 heterocycles. The lowest BCUT2D eigenvalue weighted by Gasteiger charge is -2.17. The van der Waals surface area contributed by atoms with E-state index in [9.17, 15) is 5.11 Å². The molecule has 5 aromatic rings. The summed E-state index contributed by atoms with van der Waals surface area (Å²) in [5.74, 6) is 1.31. The molecule has 0 radical (unpaired) electrons. The fourth-order valence-corrected chi connectivity index (χ4v) is 5.19. The van der Waals surface area contributed by atoms with E-state index in [-0.39, 0.29) is 0 Å². The van der Waals surface area contributed by atoms with Gasteiger partial charge in [-0.05, 0) is 59.6 Å². The smallest absolute Gasteiger partial charge is 0.224 e. The Balaban J connectivity index is 1.41. The number of benzene rings is 1. The number of rotatable bonds is 8. The standard InChI is InChI=1S/C25H24BrN7O2S/c1-25(2,34)20-6-4-5-16(28-20)12-33-13-19(31-32-33)22-23-21(18(26)14-36-23)29-24(30-22)27-11-15-7-9-17(35-3)10-8-15/h4-10,13-14,34H,11-12H2,1-3H3,(H,27,29,30). The van der Waals surface area contributed by atoms with E-state index in [1.54, 1.807) is 37.0 Å². The Kier molecular flexibility index (Phi) is 6.69. The highest BCUT2D eigenvalue weighted by atomic mass is 79.9. The third kappa shape index (κ3) is 5.23. The zero-order chi connectivity index (χ0) is 25.3. The largest absolute Gasteiger partial charge is 0.497 e. The lowest BCUT2D eigenvalue weighted by molar-refractivity contribution is 0.0736. The number of ether oxygens (including phenoxy) is 1. The summed E-state index contributed by atoms with van der Waals surface area (Å²) in [5, 5.41) is 24.3. The van der Waals surface area contributed by atoms with Gasteiger partial charge < -0.3 is 15.2 Å². The Hall–Kier alpha value is -3.41. The van der Waals surface area contributed by atoms with Crippen LogP contribution in [0.2, 0.25) is 0 Å². The van der Waals surface area contributed by atoms with E-state index in [4.69, 9.17) is 14.7 Å². The fourth-order valence-electron chi connectivity index (χ4n) is 3.63. The molecule has 9 nitrogen and oxygen atoms in total. The van der Waals surface area contributed by atoms with Gasteiger partial charge in [-0.3, -0.25) is 4.98 Å². The molecule has 0 bridgehead atoms. The Labute approximate surface area is 220 Å². The van der Waals surface area contributed by atoms with Crippen molar-refractivity contribution in [1.82, 2.24) is 29.9 Å². The van der Waals surface area contributed by atoms with Crippen molar-refractivity contribution in [2.45, 2.75) is 32.5 Å². The molecule has 0 atom stereocenters. The number of methoxy groups -OCH3 is 1. The van der Waals surface area contributed by atoms with Crippen LogP contribution in [0.4, 0.5) is 5.95 Å². The number of hydrogen-bond donors (Lipinski definition) is 2. The number of halogens is 1. The first-order valence-corrected chi connectivity index (χ1v) is 12.9. The molecule has 0 spiro atoms. The third-order valence-electron chi connectivity index (χ3n) is 5.52. The van der Waals surface area contributed by atoms with Crippen molar-refractivity contribution in [2.75, 3.05) is 12.4 Å². The van der Waals surface area contributed by atoms with E-state index >= 15 is 0 Å². The predicted molar refractivity (Wildman–Crippen MR) is 143 cm³/mol. The van der Waals surface area contributed by atoms with Gasteiger partial charge in [0.1, 0.15) is 28.3 Å². The third-order valence-corrected chi connectivity index (χ3v) is 7.40. The quantitative estimate of drug-likeness (QED) is 0.270. The minimum absolute atomic E-state index is 0.419. The second-order valence-corrected chi connectivity index (χ2v) is 10.5. The lowest BCUT2D eigenvalue weighted by Crippen LogP contribution is -2.18. The minimum Gasteiger partial charge on any atom is -0.497 e. The monoisotopic (exact) mass is 565 g/mol. The highest BCUT2D eigenvalue weighted by Crippen LogP contribution is 2.35. The maximum Gasteiger partial charge on any atom is 0.224 e. The average Bonchev–Trinajstić information content (AvgIpc) is 3.49. The molecular formula is C25H24BrN7O2S. The van der Waals surface area contributed by atoms with Crippen molar-refractivity contribution in [3.63, 3.8) is 0 Å². The van der Waals surface area contributed by atoms with Crippen LogP contribution in [0.25, 0.3) is 21.6 Å². The van der Waals surface area contributed by atoms with Gasteiger partial charge in [0.15, 0.2) is 0 Å². The summed E-state index contributed by atoms with van der Waals surface area (Å²) >= 11 is 5.15. The van der Waals surface area contributed by atoms with Crippen molar-refractivity contribution in [1.29, 1.82) is 0 Å². The Morgan fingerprint density at radius 1 is 1.11 bits per heavy atom. The molecule has 4 aromatic heterocycles. The summed E-state index contributed by atoms with van der Waals surface area (Å²) in [6.45, 7) is 4.41. The second-order valence-electron chi connectivity index (χ2n) is 8.73. The molecule has 0 amide bonds. The molecule has 0 saturated carbocycles. The predicted octanol–water partition coefficient (Wildman–Crippen LogP) is 5.00. The van der Waals surface area contributed by atoms with Crippen molar-refractivity contribution in [3.05, 3.63) is 75.5 Å². The van der Waals surface area contributed by atoms with E-state index in [1.807, 2.05) is 54.0 Å². The van der Waals surface area contributed by atoms with Crippen LogP contribution in [0.3, 0.4) is 0 Å². The summed E-state index contributed by atoms with van der Waals surface area (Å²) in [4.78, 5) is 14.0. The number of hydrogen-bond acceptors (Lipinski definition) is 9. The molecule has 0 unspecified atom stereocenters. The lowest BCUT2D eigenvalue weighted by atomic mass is 10.0. The number of anilines is 1. The molecule has 11 heteroatoms. The average molecular weight is 566 g/mol. The topological polar surface area (TPSA) is 111 Å². The van der Waals surface area contributed by atoms with Gasteiger partial charge in [-0.1, -0.05) is 23.4 Å². The maximum absolute atomic E-state index is 10.3. The highest BCUT2D eigenvalue weighted by molar-refractivity contribution is 9.10. The number of aromatic nitrogens is 6. The first-order chi connectivity index (χ1) is 17.3. The zero-order valence-corrected chi connectivity index (χ0v) is 22.3. The summed E-state index contributed by atoms with van der Waals surface area (Å²) in [6, 6.07) is 13.4. The summed E-state index contributed by atoms with van der Waals surface area (Å²) in [7, 11) is 1.65. The van der Waals surface area contributed by atoms with Gasteiger partial charge in [0.25, 0.3) is 0 Å². The SMILES string of the molecule is COc1ccc(CNc2nc(-c3cn(Cc4cccc(C(C)(C)O)n4)nn3)c3scc(Br)c3n2)cc1. The minimum atomic E-state index is -1.02. The molecule has 0 aliphatic heterocycles. The first kappa shape index (κ1) is 24.3. The van der Waals surface area contributed by atoms with Crippen molar-refractivity contribution >= 4 is 43.4 Å². The van der Waals surface area contributed by atoms with Crippen molar-refractivity contribution in [2.24, 2.45) is 0 Å². The molecule has 0 aliphatic carbocycles.